The molecule has 2 rings (SSSR count). The lowest BCUT2D eigenvalue weighted by Crippen LogP contribution is -2.26. The molecule has 0 radical (unpaired) electrons. The Bertz CT molecular complexity index is 389. The van der Waals surface area contributed by atoms with Crippen molar-refractivity contribution in [2.75, 3.05) is 34.4 Å². The van der Waals surface area contributed by atoms with E-state index in [0.717, 1.165) is 24.6 Å². The number of ether oxygens (including phenoxy) is 2. The van der Waals surface area contributed by atoms with E-state index in [9.17, 15) is 0 Å². The molecule has 0 aliphatic carbocycles. The first-order valence-electron chi connectivity index (χ1n) is 6.40. The molecule has 2 unspecified atom stereocenters. The third-order valence-electron chi connectivity index (χ3n) is 3.65. The van der Waals surface area contributed by atoms with Crippen molar-refractivity contribution < 1.29 is 9.47 Å². The van der Waals surface area contributed by atoms with E-state index in [4.69, 9.17) is 9.47 Å². The molecular formula is C14H22N2O2. The molecule has 4 heteroatoms. The zero-order chi connectivity index (χ0) is 13.0. The van der Waals surface area contributed by atoms with Gasteiger partial charge in [-0.3, -0.25) is 0 Å². The highest BCUT2D eigenvalue weighted by Crippen LogP contribution is 2.33. The molecule has 0 bridgehead atoms. The van der Waals surface area contributed by atoms with Crippen molar-refractivity contribution in [2.24, 2.45) is 5.92 Å². The fourth-order valence-corrected chi connectivity index (χ4v) is 2.68. The summed E-state index contributed by atoms with van der Waals surface area (Å²) < 4.78 is 10.6. The first kappa shape index (κ1) is 13.2. The van der Waals surface area contributed by atoms with Crippen molar-refractivity contribution in [1.82, 2.24) is 10.6 Å². The van der Waals surface area contributed by atoms with E-state index in [1.807, 2.05) is 13.1 Å². The van der Waals surface area contributed by atoms with Gasteiger partial charge < -0.3 is 20.1 Å². The normalized spacial score (nSPS) is 20.7. The Hall–Kier alpha value is -1.26. The van der Waals surface area contributed by atoms with E-state index in [2.05, 4.69) is 22.8 Å². The van der Waals surface area contributed by atoms with E-state index in [-0.39, 0.29) is 0 Å². The molecule has 1 heterocycles. The first-order chi connectivity index (χ1) is 8.80. The maximum atomic E-state index is 5.37. The fourth-order valence-electron chi connectivity index (χ4n) is 2.68. The van der Waals surface area contributed by atoms with Crippen molar-refractivity contribution in [2.45, 2.75) is 12.5 Å². The van der Waals surface area contributed by atoms with Crippen LogP contribution < -0.4 is 20.1 Å². The first-order valence-corrected chi connectivity index (χ1v) is 6.40. The van der Waals surface area contributed by atoms with Crippen LogP contribution in [0.2, 0.25) is 0 Å². The number of benzene rings is 1. The van der Waals surface area contributed by atoms with Crippen LogP contribution in [0.1, 0.15) is 18.0 Å². The SMILES string of the molecule is CNC(c1ccc(OC)c(OC)c1)C1CCNC1. The van der Waals surface area contributed by atoms with Gasteiger partial charge in [-0.05, 0) is 50.2 Å². The third kappa shape index (κ3) is 2.60. The van der Waals surface area contributed by atoms with Crippen LogP contribution in [0.5, 0.6) is 11.5 Å². The molecule has 2 atom stereocenters. The van der Waals surface area contributed by atoms with Crippen LogP contribution in [0.4, 0.5) is 0 Å². The Labute approximate surface area is 109 Å². The van der Waals surface area contributed by atoms with Crippen LogP contribution in [0.15, 0.2) is 18.2 Å². The maximum absolute atomic E-state index is 5.37. The summed E-state index contributed by atoms with van der Waals surface area (Å²) in [6.45, 7) is 2.18. The molecular weight excluding hydrogens is 228 g/mol. The van der Waals surface area contributed by atoms with Gasteiger partial charge in [0.2, 0.25) is 0 Å². The second-order valence-electron chi connectivity index (χ2n) is 4.63. The molecule has 0 aromatic heterocycles. The molecule has 1 saturated heterocycles. The van der Waals surface area contributed by atoms with Crippen LogP contribution in [0.25, 0.3) is 0 Å². The summed E-state index contributed by atoms with van der Waals surface area (Å²) in [5.41, 5.74) is 1.25. The fraction of sp³-hybridized carbons (Fsp3) is 0.571. The largest absolute Gasteiger partial charge is 0.493 e. The summed E-state index contributed by atoms with van der Waals surface area (Å²) in [5, 5.41) is 6.82. The van der Waals surface area contributed by atoms with E-state index < -0.39 is 0 Å². The minimum Gasteiger partial charge on any atom is -0.493 e. The molecule has 1 aliphatic heterocycles. The molecule has 0 spiro atoms. The Morgan fingerprint density at radius 1 is 1.28 bits per heavy atom. The number of hydrogen-bond acceptors (Lipinski definition) is 4. The number of rotatable bonds is 5. The summed E-state index contributed by atoms with van der Waals surface area (Å²) in [7, 11) is 5.35. The summed E-state index contributed by atoms with van der Waals surface area (Å²) >= 11 is 0. The van der Waals surface area contributed by atoms with Gasteiger partial charge in [0, 0.05) is 6.04 Å². The summed E-state index contributed by atoms with van der Waals surface area (Å²) in [6.07, 6.45) is 1.21. The van der Waals surface area contributed by atoms with E-state index >= 15 is 0 Å². The van der Waals surface area contributed by atoms with Crippen molar-refractivity contribution in [1.29, 1.82) is 0 Å². The van der Waals surface area contributed by atoms with Crippen LogP contribution >= 0.6 is 0 Å². The second-order valence-corrected chi connectivity index (χ2v) is 4.63. The molecule has 2 N–H and O–H groups in total. The van der Waals surface area contributed by atoms with Crippen LogP contribution in [0.3, 0.4) is 0 Å². The highest BCUT2D eigenvalue weighted by Gasteiger charge is 2.25. The monoisotopic (exact) mass is 250 g/mol. The Morgan fingerprint density at radius 3 is 2.61 bits per heavy atom. The lowest BCUT2D eigenvalue weighted by atomic mass is 9.92. The van der Waals surface area contributed by atoms with E-state index in [1.165, 1.54) is 12.0 Å². The smallest absolute Gasteiger partial charge is 0.161 e. The number of methoxy groups -OCH3 is 2. The van der Waals surface area contributed by atoms with Crippen molar-refractivity contribution in [3.8, 4) is 11.5 Å². The molecule has 18 heavy (non-hydrogen) atoms. The van der Waals surface area contributed by atoms with Crippen LogP contribution in [0, 0.1) is 5.92 Å². The highest BCUT2D eigenvalue weighted by atomic mass is 16.5. The predicted molar refractivity (Wildman–Crippen MR) is 72.3 cm³/mol. The summed E-state index contributed by atoms with van der Waals surface area (Å²) in [5.74, 6) is 2.20. The minimum absolute atomic E-state index is 0.361. The number of hydrogen-bond donors (Lipinski definition) is 2. The van der Waals surface area contributed by atoms with Gasteiger partial charge in [0.15, 0.2) is 11.5 Å². The van der Waals surface area contributed by atoms with Crippen molar-refractivity contribution in [3.63, 3.8) is 0 Å². The molecule has 4 nitrogen and oxygen atoms in total. The third-order valence-corrected chi connectivity index (χ3v) is 3.65. The Morgan fingerprint density at radius 2 is 2.06 bits per heavy atom. The van der Waals surface area contributed by atoms with Crippen molar-refractivity contribution >= 4 is 0 Å². The van der Waals surface area contributed by atoms with Crippen LogP contribution in [-0.4, -0.2) is 34.4 Å². The maximum Gasteiger partial charge on any atom is 0.161 e. The number of nitrogens with one attached hydrogen (secondary N) is 2. The predicted octanol–water partition coefficient (Wildman–Crippen LogP) is 1.57. The van der Waals surface area contributed by atoms with Gasteiger partial charge in [-0.1, -0.05) is 6.07 Å². The van der Waals surface area contributed by atoms with Gasteiger partial charge >= 0.3 is 0 Å². The lowest BCUT2D eigenvalue weighted by molar-refractivity contribution is 0.351. The zero-order valence-corrected chi connectivity index (χ0v) is 11.3. The molecule has 1 aromatic carbocycles. The van der Waals surface area contributed by atoms with Gasteiger partial charge in [-0.25, -0.2) is 0 Å². The topological polar surface area (TPSA) is 42.5 Å². The molecule has 1 aliphatic rings. The van der Waals surface area contributed by atoms with E-state index in [0.29, 0.717) is 12.0 Å². The average Bonchev–Trinajstić information content (AvgIpc) is 2.93. The minimum atomic E-state index is 0.361. The average molecular weight is 250 g/mol. The van der Waals surface area contributed by atoms with Gasteiger partial charge in [0.1, 0.15) is 0 Å². The molecule has 0 saturated carbocycles. The van der Waals surface area contributed by atoms with Gasteiger partial charge in [-0.15, -0.1) is 0 Å². The molecule has 100 valence electrons. The Balaban J connectivity index is 2.24. The Kier molecular flexibility index (Phi) is 4.44. The summed E-state index contributed by atoms with van der Waals surface area (Å²) in [6, 6.07) is 6.51. The second kappa shape index (κ2) is 6.07. The summed E-state index contributed by atoms with van der Waals surface area (Å²) in [4.78, 5) is 0. The van der Waals surface area contributed by atoms with Gasteiger partial charge in [0.25, 0.3) is 0 Å². The van der Waals surface area contributed by atoms with Crippen molar-refractivity contribution in [3.05, 3.63) is 23.8 Å². The van der Waals surface area contributed by atoms with E-state index in [1.54, 1.807) is 14.2 Å². The lowest BCUT2D eigenvalue weighted by Gasteiger charge is -2.23. The molecule has 0 amide bonds. The van der Waals surface area contributed by atoms with Gasteiger partial charge in [0.05, 0.1) is 14.2 Å². The highest BCUT2D eigenvalue weighted by molar-refractivity contribution is 5.44. The standard InChI is InChI=1S/C14H22N2O2/c1-15-14(11-6-7-16-9-11)10-4-5-12(17-2)13(8-10)18-3/h4-5,8,11,14-16H,6-7,9H2,1-3H3. The molecule has 1 aromatic rings. The molecule has 1 fully saturated rings. The zero-order valence-electron chi connectivity index (χ0n) is 11.3. The van der Waals surface area contributed by atoms with Gasteiger partial charge in [-0.2, -0.15) is 0 Å². The quantitative estimate of drug-likeness (QED) is 0.832. The van der Waals surface area contributed by atoms with Crippen LogP contribution in [-0.2, 0) is 0 Å².